The molecular formula is C10H17N. The minimum atomic E-state index is 0.612. The van der Waals surface area contributed by atoms with Crippen LogP contribution in [-0.2, 0) is 0 Å². The zero-order valence-corrected chi connectivity index (χ0v) is 7.38. The van der Waals surface area contributed by atoms with Gasteiger partial charge < -0.3 is 5.32 Å². The SMILES string of the molecule is C/C=C/C=C/C1CC(C)CN1. The lowest BCUT2D eigenvalue weighted by atomic mass is 10.1. The van der Waals surface area contributed by atoms with Gasteiger partial charge in [-0.1, -0.05) is 31.2 Å². The zero-order valence-electron chi connectivity index (χ0n) is 7.38. The van der Waals surface area contributed by atoms with Gasteiger partial charge in [-0.2, -0.15) is 0 Å². The van der Waals surface area contributed by atoms with Gasteiger partial charge >= 0.3 is 0 Å². The number of hydrogen-bond donors (Lipinski definition) is 1. The van der Waals surface area contributed by atoms with Crippen LogP contribution in [0.2, 0.25) is 0 Å². The molecule has 1 heterocycles. The molecule has 2 unspecified atom stereocenters. The Labute approximate surface area is 69.2 Å². The first-order chi connectivity index (χ1) is 5.33. The first kappa shape index (κ1) is 8.54. The van der Waals surface area contributed by atoms with Crippen molar-refractivity contribution >= 4 is 0 Å². The van der Waals surface area contributed by atoms with E-state index >= 15 is 0 Å². The van der Waals surface area contributed by atoms with Gasteiger partial charge in [-0.25, -0.2) is 0 Å². The van der Waals surface area contributed by atoms with E-state index in [-0.39, 0.29) is 0 Å². The summed E-state index contributed by atoms with van der Waals surface area (Å²) in [6, 6.07) is 0.612. The van der Waals surface area contributed by atoms with E-state index < -0.39 is 0 Å². The highest BCUT2D eigenvalue weighted by Gasteiger charge is 2.16. The molecule has 0 amide bonds. The summed E-state index contributed by atoms with van der Waals surface area (Å²) >= 11 is 0. The van der Waals surface area contributed by atoms with E-state index in [0.717, 1.165) is 5.92 Å². The Morgan fingerprint density at radius 2 is 2.18 bits per heavy atom. The summed E-state index contributed by atoms with van der Waals surface area (Å²) in [5, 5.41) is 3.44. The van der Waals surface area contributed by atoms with Crippen LogP contribution in [0.4, 0.5) is 0 Å². The Bertz CT molecular complexity index is 158. The molecular weight excluding hydrogens is 134 g/mol. The molecule has 1 aliphatic heterocycles. The standard InChI is InChI=1S/C10H17N/c1-3-4-5-6-10-7-9(2)8-11-10/h3-6,9-11H,7-8H2,1-2H3/b4-3+,6-5+. The summed E-state index contributed by atoms with van der Waals surface area (Å²) in [5.41, 5.74) is 0. The van der Waals surface area contributed by atoms with E-state index in [1.54, 1.807) is 0 Å². The smallest absolute Gasteiger partial charge is 0.0256 e. The molecule has 0 aliphatic carbocycles. The highest BCUT2D eigenvalue weighted by Crippen LogP contribution is 2.13. The molecule has 2 atom stereocenters. The van der Waals surface area contributed by atoms with Crippen LogP contribution < -0.4 is 5.32 Å². The van der Waals surface area contributed by atoms with E-state index in [0.29, 0.717) is 6.04 Å². The second-order valence-corrected chi connectivity index (χ2v) is 3.27. The fraction of sp³-hybridized carbons (Fsp3) is 0.600. The summed E-state index contributed by atoms with van der Waals surface area (Å²) in [6.45, 7) is 5.50. The number of rotatable bonds is 2. The van der Waals surface area contributed by atoms with Crippen LogP contribution in [0.3, 0.4) is 0 Å². The topological polar surface area (TPSA) is 12.0 Å². The van der Waals surface area contributed by atoms with Crippen molar-refractivity contribution in [2.45, 2.75) is 26.3 Å². The van der Waals surface area contributed by atoms with Crippen molar-refractivity contribution in [3.8, 4) is 0 Å². The molecule has 0 aromatic carbocycles. The Balaban J connectivity index is 2.27. The van der Waals surface area contributed by atoms with E-state index in [4.69, 9.17) is 0 Å². The fourth-order valence-electron chi connectivity index (χ4n) is 1.41. The molecule has 0 aromatic heterocycles. The third-order valence-corrected chi connectivity index (χ3v) is 2.03. The maximum atomic E-state index is 3.44. The number of nitrogens with one attached hydrogen (secondary N) is 1. The molecule has 1 nitrogen and oxygen atoms in total. The molecule has 1 saturated heterocycles. The van der Waals surface area contributed by atoms with Crippen LogP contribution in [0, 0.1) is 5.92 Å². The van der Waals surface area contributed by atoms with Crippen LogP contribution in [0.15, 0.2) is 24.3 Å². The van der Waals surface area contributed by atoms with Crippen LogP contribution in [0.1, 0.15) is 20.3 Å². The van der Waals surface area contributed by atoms with Crippen molar-refractivity contribution in [1.29, 1.82) is 0 Å². The molecule has 62 valence electrons. The van der Waals surface area contributed by atoms with Gasteiger partial charge in [0.25, 0.3) is 0 Å². The van der Waals surface area contributed by atoms with Crippen molar-refractivity contribution in [3.05, 3.63) is 24.3 Å². The van der Waals surface area contributed by atoms with E-state index in [1.807, 2.05) is 6.92 Å². The average molecular weight is 151 g/mol. The summed E-state index contributed by atoms with van der Waals surface area (Å²) in [6.07, 6.45) is 9.77. The van der Waals surface area contributed by atoms with Gasteiger partial charge in [-0.3, -0.25) is 0 Å². The number of allylic oxidation sites excluding steroid dienone is 3. The Morgan fingerprint density at radius 3 is 2.73 bits per heavy atom. The van der Waals surface area contributed by atoms with Crippen molar-refractivity contribution in [2.24, 2.45) is 5.92 Å². The quantitative estimate of drug-likeness (QED) is 0.596. The van der Waals surface area contributed by atoms with Gasteiger partial charge in [0.1, 0.15) is 0 Å². The molecule has 1 aliphatic rings. The zero-order chi connectivity index (χ0) is 8.10. The van der Waals surface area contributed by atoms with E-state index in [1.165, 1.54) is 13.0 Å². The Hall–Kier alpha value is -0.560. The molecule has 1 heteroatoms. The van der Waals surface area contributed by atoms with Crippen molar-refractivity contribution in [3.63, 3.8) is 0 Å². The summed E-state index contributed by atoms with van der Waals surface area (Å²) in [5.74, 6) is 0.843. The highest BCUT2D eigenvalue weighted by molar-refractivity contribution is 5.07. The molecule has 1 fully saturated rings. The maximum Gasteiger partial charge on any atom is 0.0256 e. The third-order valence-electron chi connectivity index (χ3n) is 2.03. The lowest BCUT2D eigenvalue weighted by Gasteiger charge is -2.00. The van der Waals surface area contributed by atoms with E-state index in [9.17, 15) is 0 Å². The first-order valence-electron chi connectivity index (χ1n) is 4.36. The fourth-order valence-corrected chi connectivity index (χ4v) is 1.41. The lowest BCUT2D eigenvalue weighted by molar-refractivity contribution is 0.641. The summed E-state index contributed by atoms with van der Waals surface area (Å²) in [7, 11) is 0. The Kier molecular flexibility index (Phi) is 3.37. The van der Waals surface area contributed by atoms with Gasteiger partial charge in [0.2, 0.25) is 0 Å². The van der Waals surface area contributed by atoms with Crippen molar-refractivity contribution in [2.75, 3.05) is 6.54 Å². The summed E-state index contributed by atoms with van der Waals surface area (Å²) in [4.78, 5) is 0. The van der Waals surface area contributed by atoms with Crippen molar-refractivity contribution < 1.29 is 0 Å². The maximum absolute atomic E-state index is 3.44. The normalized spacial score (nSPS) is 32.5. The second-order valence-electron chi connectivity index (χ2n) is 3.27. The third kappa shape index (κ3) is 2.89. The number of hydrogen-bond acceptors (Lipinski definition) is 1. The predicted octanol–water partition coefficient (Wildman–Crippen LogP) is 2.12. The molecule has 11 heavy (non-hydrogen) atoms. The predicted molar refractivity (Wildman–Crippen MR) is 49.5 cm³/mol. The largest absolute Gasteiger partial charge is 0.310 e. The summed E-state index contributed by atoms with van der Waals surface area (Å²) < 4.78 is 0. The van der Waals surface area contributed by atoms with Crippen LogP contribution in [0.25, 0.3) is 0 Å². The molecule has 0 aromatic rings. The Morgan fingerprint density at radius 1 is 1.36 bits per heavy atom. The minimum absolute atomic E-state index is 0.612. The van der Waals surface area contributed by atoms with Crippen LogP contribution in [0.5, 0.6) is 0 Å². The molecule has 1 N–H and O–H groups in total. The van der Waals surface area contributed by atoms with Gasteiger partial charge in [0.05, 0.1) is 0 Å². The van der Waals surface area contributed by atoms with Crippen LogP contribution in [-0.4, -0.2) is 12.6 Å². The highest BCUT2D eigenvalue weighted by atomic mass is 14.9. The van der Waals surface area contributed by atoms with Gasteiger partial charge in [0.15, 0.2) is 0 Å². The molecule has 0 spiro atoms. The monoisotopic (exact) mass is 151 g/mol. The van der Waals surface area contributed by atoms with Gasteiger partial charge in [-0.15, -0.1) is 0 Å². The van der Waals surface area contributed by atoms with Crippen molar-refractivity contribution in [1.82, 2.24) is 5.32 Å². The van der Waals surface area contributed by atoms with E-state index in [2.05, 4.69) is 36.5 Å². The lowest BCUT2D eigenvalue weighted by Crippen LogP contribution is -2.18. The molecule has 0 bridgehead atoms. The second kappa shape index (κ2) is 4.35. The molecule has 0 saturated carbocycles. The van der Waals surface area contributed by atoms with Crippen LogP contribution >= 0.6 is 0 Å². The molecule has 1 rings (SSSR count). The minimum Gasteiger partial charge on any atom is -0.310 e. The van der Waals surface area contributed by atoms with Gasteiger partial charge in [0, 0.05) is 6.04 Å². The first-order valence-corrected chi connectivity index (χ1v) is 4.36. The average Bonchev–Trinajstić information content (AvgIpc) is 2.37. The molecule has 0 radical (unpaired) electrons. The van der Waals surface area contributed by atoms with Gasteiger partial charge in [-0.05, 0) is 25.8 Å².